The first-order valence-electron chi connectivity index (χ1n) is 4.32. The lowest BCUT2D eigenvalue weighted by Crippen LogP contribution is -2.14. The maximum Gasteiger partial charge on any atom is 0.266 e. The average molecular weight is 326 g/mol. The lowest BCUT2D eigenvalue weighted by molar-refractivity contribution is 0.601. The van der Waals surface area contributed by atoms with Gasteiger partial charge < -0.3 is 5.73 Å². The molecule has 18 heavy (non-hydrogen) atoms. The van der Waals surface area contributed by atoms with Crippen LogP contribution in [-0.4, -0.2) is 23.2 Å². The number of aromatic nitrogens is 3. The third-order valence-corrected chi connectivity index (χ3v) is 4.71. The summed E-state index contributed by atoms with van der Waals surface area (Å²) in [5.74, 6) is 0. The van der Waals surface area contributed by atoms with E-state index < -0.39 is 10.0 Å². The molecular formula is C7H5Cl2N5O2S2. The fourth-order valence-corrected chi connectivity index (χ4v) is 3.99. The van der Waals surface area contributed by atoms with Gasteiger partial charge in [-0.15, -0.1) is 0 Å². The van der Waals surface area contributed by atoms with E-state index in [4.69, 9.17) is 28.9 Å². The molecule has 0 unspecified atom stereocenters. The molecular weight excluding hydrogens is 321 g/mol. The largest absolute Gasteiger partial charge is 0.399 e. The zero-order valence-corrected chi connectivity index (χ0v) is 11.6. The second kappa shape index (κ2) is 4.84. The number of nitrogens with zero attached hydrogens (tertiary/aromatic N) is 3. The van der Waals surface area contributed by atoms with Crippen molar-refractivity contribution in [2.45, 2.75) is 4.90 Å². The van der Waals surface area contributed by atoms with E-state index in [-0.39, 0.29) is 25.8 Å². The molecule has 2 aromatic rings. The Hall–Kier alpha value is -1.16. The summed E-state index contributed by atoms with van der Waals surface area (Å²) < 4.78 is 29.7. The van der Waals surface area contributed by atoms with E-state index in [1.807, 2.05) is 0 Å². The Morgan fingerprint density at radius 3 is 2.39 bits per heavy atom. The highest BCUT2D eigenvalue weighted by Gasteiger charge is 2.23. The van der Waals surface area contributed by atoms with Crippen LogP contribution in [0.4, 0.5) is 10.8 Å². The number of nitrogen functional groups attached to an aromatic ring is 1. The third kappa shape index (κ3) is 2.64. The topological polar surface area (TPSA) is 111 Å². The molecule has 0 amide bonds. The number of hydrogen-bond donors (Lipinski definition) is 2. The van der Waals surface area contributed by atoms with Gasteiger partial charge in [-0.05, 0) is 17.3 Å². The van der Waals surface area contributed by atoms with Crippen LogP contribution in [-0.2, 0) is 10.0 Å². The Morgan fingerprint density at radius 1 is 1.28 bits per heavy atom. The zero-order valence-electron chi connectivity index (χ0n) is 8.46. The van der Waals surface area contributed by atoms with Gasteiger partial charge in [0.05, 0.1) is 10.0 Å². The lowest BCUT2D eigenvalue weighted by atomic mass is 10.3. The smallest absolute Gasteiger partial charge is 0.266 e. The van der Waals surface area contributed by atoms with Crippen molar-refractivity contribution in [2.24, 2.45) is 0 Å². The lowest BCUT2D eigenvalue weighted by Gasteiger charge is -2.09. The Kier molecular flexibility index (Phi) is 3.57. The molecule has 11 heteroatoms. The Bertz CT molecular complexity index is 650. The summed E-state index contributed by atoms with van der Waals surface area (Å²) in [5, 5.41) is 6.58. The molecule has 0 saturated heterocycles. The van der Waals surface area contributed by atoms with Crippen LogP contribution in [0.3, 0.4) is 0 Å². The van der Waals surface area contributed by atoms with Gasteiger partial charge in [0.1, 0.15) is 4.90 Å². The van der Waals surface area contributed by atoms with Crippen LogP contribution in [0, 0.1) is 0 Å². The maximum atomic E-state index is 12.0. The third-order valence-electron chi connectivity index (χ3n) is 1.81. The van der Waals surface area contributed by atoms with Gasteiger partial charge in [0.15, 0.2) is 0 Å². The van der Waals surface area contributed by atoms with Crippen molar-refractivity contribution in [2.75, 3.05) is 10.5 Å². The van der Waals surface area contributed by atoms with E-state index in [2.05, 4.69) is 19.5 Å². The van der Waals surface area contributed by atoms with Gasteiger partial charge in [0, 0.05) is 17.2 Å². The van der Waals surface area contributed by atoms with E-state index in [0.29, 0.717) is 0 Å². The van der Waals surface area contributed by atoms with Crippen molar-refractivity contribution < 1.29 is 8.42 Å². The normalized spacial score (nSPS) is 11.4. The van der Waals surface area contributed by atoms with E-state index in [0.717, 1.165) is 11.5 Å². The summed E-state index contributed by atoms with van der Waals surface area (Å²) in [4.78, 5) is -0.268. The summed E-state index contributed by atoms with van der Waals surface area (Å²) >= 11 is 12.4. The average Bonchev–Trinajstić information content (AvgIpc) is 2.66. The predicted molar refractivity (Wildman–Crippen MR) is 69.4 cm³/mol. The monoisotopic (exact) mass is 325 g/mol. The minimum absolute atomic E-state index is 0.0129. The summed E-state index contributed by atoms with van der Waals surface area (Å²) in [5.41, 5.74) is 5.76. The minimum Gasteiger partial charge on any atom is -0.399 e. The second-order valence-corrected chi connectivity index (χ2v) is 6.25. The second-order valence-electron chi connectivity index (χ2n) is 3.09. The van der Waals surface area contributed by atoms with Crippen LogP contribution in [0.15, 0.2) is 17.0 Å². The number of sulfonamides is 1. The molecule has 0 aliphatic rings. The number of benzene rings is 1. The van der Waals surface area contributed by atoms with Crippen molar-refractivity contribution in [1.29, 1.82) is 0 Å². The fraction of sp³-hybridized carbons (Fsp3) is 0. The van der Waals surface area contributed by atoms with Crippen molar-refractivity contribution in [3.8, 4) is 0 Å². The van der Waals surface area contributed by atoms with Gasteiger partial charge >= 0.3 is 0 Å². The van der Waals surface area contributed by atoms with Crippen molar-refractivity contribution in [3.05, 3.63) is 22.2 Å². The summed E-state index contributed by atoms with van der Waals surface area (Å²) in [7, 11) is -3.96. The van der Waals surface area contributed by atoms with Crippen LogP contribution in [0.2, 0.25) is 10.0 Å². The number of rotatable bonds is 3. The molecule has 0 aliphatic carbocycles. The predicted octanol–water partition coefficient (Wildman–Crippen LogP) is 1.62. The van der Waals surface area contributed by atoms with Crippen LogP contribution < -0.4 is 10.5 Å². The number of hydrogen-bond acceptors (Lipinski definition) is 7. The van der Waals surface area contributed by atoms with Crippen LogP contribution in [0.25, 0.3) is 0 Å². The fourth-order valence-electron chi connectivity index (χ4n) is 1.18. The standard InChI is InChI=1S/C7H5Cl2N5O2S2/c8-4-1-3(10)2-5(9)6(4)18(15,16)12-7-11-13-14-17-7/h1-2H,10H2,(H,11,12,14). The molecule has 0 saturated carbocycles. The Morgan fingerprint density at radius 2 is 1.89 bits per heavy atom. The Balaban J connectivity index is 2.48. The van der Waals surface area contributed by atoms with Gasteiger partial charge in [-0.3, -0.25) is 4.72 Å². The zero-order chi connectivity index (χ0) is 13.3. The van der Waals surface area contributed by atoms with Crippen LogP contribution in [0.5, 0.6) is 0 Å². The van der Waals surface area contributed by atoms with Gasteiger partial charge in [-0.25, -0.2) is 8.42 Å². The van der Waals surface area contributed by atoms with E-state index in [9.17, 15) is 8.42 Å². The molecule has 1 aromatic heterocycles. The number of nitrogens with two attached hydrogens (primary N) is 1. The maximum absolute atomic E-state index is 12.0. The first-order valence-corrected chi connectivity index (χ1v) is 7.34. The van der Waals surface area contributed by atoms with Crippen molar-refractivity contribution in [1.82, 2.24) is 14.8 Å². The molecule has 96 valence electrons. The molecule has 7 nitrogen and oxygen atoms in total. The first kappa shape index (κ1) is 13.3. The summed E-state index contributed by atoms with van der Waals surface area (Å²) in [6.45, 7) is 0. The summed E-state index contributed by atoms with van der Waals surface area (Å²) in [6.07, 6.45) is 0. The van der Waals surface area contributed by atoms with Crippen molar-refractivity contribution in [3.63, 3.8) is 0 Å². The van der Waals surface area contributed by atoms with E-state index >= 15 is 0 Å². The minimum atomic E-state index is -3.96. The SMILES string of the molecule is Nc1cc(Cl)c(S(=O)(=O)Nc2nnns2)c(Cl)c1. The van der Waals surface area contributed by atoms with Crippen molar-refractivity contribution >= 4 is 55.6 Å². The van der Waals surface area contributed by atoms with Gasteiger partial charge in [-0.2, -0.15) is 0 Å². The van der Waals surface area contributed by atoms with Crippen LogP contribution >= 0.6 is 34.7 Å². The number of anilines is 2. The first-order chi connectivity index (χ1) is 8.40. The highest BCUT2D eigenvalue weighted by molar-refractivity contribution is 7.93. The molecule has 0 radical (unpaired) electrons. The molecule has 1 heterocycles. The molecule has 2 rings (SSSR count). The van der Waals surface area contributed by atoms with Gasteiger partial charge in [0.2, 0.25) is 5.13 Å². The summed E-state index contributed by atoms with van der Waals surface area (Å²) in [6, 6.07) is 2.58. The van der Waals surface area contributed by atoms with Gasteiger partial charge in [0.25, 0.3) is 10.0 Å². The number of halogens is 2. The molecule has 3 N–H and O–H groups in total. The van der Waals surface area contributed by atoms with Gasteiger partial charge in [-0.1, -0.05) is 32.8 Å². The molecule has 0 aliphatic heterocycles. The quantitative estimate of drug-likeness (QED) is 0.829. The molecule has 0 atom stereocenters. The number of nitrogens with one attached hydrogen (secondary N) is 1. The molecule has 1 aromatic carbocycles. The molecule has 0 fully saturated rings. The van der Waals surface area contributed by atoms with E-state index in [1.54, 1.807) is 0 Å². The molecule has 0 bridgehead atoms. The van der Waals surface area contributed by atoms with E-state index in [1.165, 1.54) is 12.1 Å². The van der Waals surface area contributed by atoms with Crippen LogP contribution in [0.1, 0.15) is 0 Å². The highest BCUT2D eigenvalue weighted by Crippen LogP contribution is 2.32. The highest BCUT2D eigenvalue weighted by atomic mass is 35.5. The molecule has 0 spiro atoms. The Labute approximate surface area is 116 Å².